The second-order valence-corrected chi connectivity index (χ2v) is 3.27. The van der Waals surface area contributed by atoms with Gasteiger partial charge in [-0.05, 0) is 43.9 Å². The Morgan fingerprint density at radius 2 is 1.85 bits per heavy atom. The summed E-state index contributed by atoms with van der Waals surface area (Å²) in [5.74, 6) is 0. The van der Waals surface area contributed by atoms with Crippen LogP contribution in [0.2, 0.25) is 0 Å². The lowest BCUT2D eigenvalue weighted by molar-refractivity contribution is 1.09. The van der Waals surface area contributed by atoms with Gasteiger partial charge >= 0.3 is 0 Å². The van der Waals surface area contributed by atoms with E-state index in [9.17, 15) is 0 Å². The van der Waals surface area contributed by atoms with E-state index in [-0.39, 0.29) is 0 Å². The number of hydrogen-bond acceptors (Lipinski definition) is 1. The molecule has 0 unspecified atom stereocenters. The maximum Gasteiger partial charge on any atom is 0.0689 e. The first-order chi connectivity index (χ1) is 6.20. The standard InChI is InChI=1S/C12H17N/c1-5-11-9(3)7-8-10(4)12(11)13-6-2/h6-8H,5H2,1-4H3/b13-6-. The van der Waals surface area contributed by atoms with Crippen molar-refractivity contribution in [2.45, 2.75) is 34.1 Å². The van der Waals surface area contributed by atoms with Crippen molar-refractivity contribution in [3.63, 3.8) is 0 Å². The molecule has 0 heterocycles. The highest BCUT2D eigenvalue weighted by molar-refractivity contribution is 5.66. The van der Waals surface area contributed by atoms with Gasteiger partial charge in [-0.2, -0.15) is 0 Å². The van der Waals surface area contributed by atoms with E-state index >= 15 is 0 Å². The van der Waals surface area contributed by atoms with Crippen LogP contribution in [0.4, 0.5) is 5.69 Å². The Labute approximate surface area is 80.5 Å². The van der Waals surface area contributed by atoms with E-state index in [1.54, 1.807) is 0 Å². The Morgan fingerprint density at radius 3 is 2.38 bits per heavy atom. The molecule has 0 fully saturated rings. The summed E-state index contributed by atoms with van der Waals surface area (Å²) >= 11 is 0. The molecule has 0 aliphatic rings. The Hall–Kier alpha value is -1.11. The number of rotatable bonds is 2. The normalized spacial score (nSPS) is 11.1. The van der Waals surface area contributed by atoms with Gasteiger partial charge in [0.2, 0.25) is 0 Å². The molecule has 70 valence electrons. The number of hydrogen-bond donors (Lipinski definition) is 0. The molecule has 0 saturated carbocycles. The fourth-order valence-electron chi connectivity index (χ4n) is 1.61. The second-order valence-electron chi connectivity index (χ2n) is 3.27. The van der Waals surface area contributed by atoms with Crippen molar-refractivity contribution in [1.29, 1.82) is 0 Å². The predicted octanol–water partition coefficient (Wildman–Crippen LogP) is 3.59. The molecule has 1 aromatic rings. The van der Waals surface area contributed by atoms with Gasteiger partial charge in [0.25, 0.3) is 0 Å². The summed E-state index contributed by atoms with van der Waals surface area (Å²) in [6, 6.07) is 4.31. The Bertz CT molecular complexity index is 324. The average Bonchev–Trinajstić information content (AvgIpc) is 2.12. The summed E-state index contributed by atoms with van der Waals surface area (Å²) in [6.45, 7) is 8.39. The molecule has 1 rings (SSSR count). The number of aryl methyl sites for hydroxylation is 2. The molecule has 1 aromatic carbocycles. The molecule has 0 saturated heterocycles. The Balaban J connectivity index is 3.34. The zero-order valence-corrected chi connectivity index (χ0v) is 8.89. The molecule has 0 atom stereocenters. The molecule has 0 radical (unpaired) electrons. The van der Waals surface area contributed by atoms with Crippen LogP contribution in [0, 0.1) is 13.8 Å². The smallest absolute Gasteiger partial charge is 0.0689 e. The van der Waals surface area contributed by atoms with Crippen LogP contribution in [0.25, 0.3) is 0 Å². The van der Waals surface area contributed by atoms with Crippen LogP contribution in [-0.2, 0) is 6.42 Å². The largest absolute Gasteiger partial charge is 0.261 e. The topological polar surface area (TPSA) is 12.4 Å². The van der Waals surface area contributed by atoms with Gasteiger partial charge < -0.3 is 0 Å². The first-order valence-electron chi connectivity index (χ1n) is 4.78. The van der Waals surface area contributed by atoms with Crippen LogP contribution < -0.4 is 0 Å². The van der Waals surface area contributed by atoms with E-state index in [0.29, 0.717) is 0 Å². The third kappa shape index (κ3) is 1.97. The number of nitrogens with zero attached hydrogens (tertiary/aromatic N) is 1. The van der Waals surface area contributed by atoms with Crippen molar-refractivity contribution < 1.29 is 0 Å². The minimum Gasteiger partial charge on any atom is -0.261 e. The van der Waals surface area contributed by atoms with Gasteiger partial charge in [0, 0.05) is 6.21 Å². The Morgan fingerprint density at radius 1 is 1.23 bits per heavy atom. The highest BCUT2D eigenvalue weighted by atomic mass is 14.7. The Kier molecular flexibility index (Phi) is 3.24. The summed E-state index contributed by atoms with van der Waals surface area (Å²) in [6.07, 6.45) is 2.92. The van der Waals surface area contributed by atoms with Gasteiger partial charge in [-0.25, -0.2) is 0 Å². The van der Waals surface area contributed by atoms with Gasteiger partial charge in [0.05, 0.1) is 5.69 Å². The molecular formula is C12H17N. The zero-order valence-electron chi connectivity index (χ0n) is 8.89. The van der Waals surface area contributed by atoms with Gasteiger partial charge in [-0.1, -0.05) is 19.1 Å². The highest BCUT2D eigenvalue weighted by Crippen LogP contribution is 2.27. The van der Waals surface area contributed by atoms with Crippen LogP contribution in [0.15, 0.2) is 17.1 Å². The molecule has 0 spiro atoms. The van der Waals surface area contributed by atoms with Crippen molar-refractivity contribution in [1.82, 2.24) is 0 Å². The third-order valence-electron chi connectivity index (χ3n) is 2.33. The maximum absolute atomic E-state index is 4.41. The van der Waals surface area contributed by atoms with Crippen molar-refractivity contribution >= 4 is 11.9 Å². The minimum absolute atomic E-state index is 1.06. The van der Waals surface area contributed by atoms with Crippen LogP contribution in [-0.4, -0.2) is 6.21 Å². The molecule has 1 nitrogen and oxygen atoms in total. The highest BCUT2D eigenvalue weighted by Gasteiger charge is 2.04. The molecule has 0 amide bonds. The lowest BCUT2D eigenvalue weighted by Gasteiger charge is -2.09. The fourth-order valence-corrected chi connectivity index (χ4v) is 1.61. The van der Waals surface area contributed by atoms with Crippen LogP contribution in [0.5, 0.6) is 0 Å². The number of aliphatic imine (C=N–C) groups is 1. The van der Waals surface area contributed by atoms with Gasteiger partial charge in [-0.3, -0.25) is 4.99 Å². The van der Waals surface area contributed by atoms with Gasteiger partial charge in [0.1, 0.15) is 0 Å². The monoisotopic (exact) mass is 175 g/mol. The van der Waals surface area contributed by atoms with E-state index in [1.165, 1.54) is 16.7 Å². The molecule has 13 heavy (non-hydrogen) atoms. The lowest BCUT2D eigenvalue weighted by Crippen LogP contribution is -1.89. The molecule has 0 N–H and O–H groups in total. The van der Waals surface area contributed by atoms with Gasteiger partial charge in [-0.15, -0.1) is 0 Å². The van der Waals surface area contributed by atoms with E-state index in [4.69, 9.17) is 0 Å². The fraction of sp³-hybridized carbons (Fsp3) is 0.417. The lowest BCUT2D eigenvalue weighted by atomic mass is 10.0. The summed E-state index contributed by atoms with van der Waals surface area (Å²) in [7, 11) is 0. The summed E-state index contributed by atoms with van der Waals surface area (Å²) in [5, 5.41) is 0. The second kappa shape index (κ2) is 4.22. The average molecular weight is 175 g/mol. The maximum atomic E-state index is 4.41. The van der Waals surface area contributed by atoms with Crippen LogP contribution >= 0.6 is 0 Å². The van der Waals surface area contributed by atoms with Crippen molar-refractivity contribution in [3.8, 4) is 0 Å². The van der Waals surface area contributed by atoms with E-state index in [1.807, 2.05) is 13.1 Å². The third-order valence-corrected chi connectivity index (χ3v) is 2.33. The molecule has 0 aliphatic heterocycles. The van der Waals surface area contributed by atoms with Crippen LogP contribution in [0.3, 0.4) is 0 Å². The summed E-state index contributed by atoms with van der Waals surface area (Å²) in [5.41, 5.74) is 5.14. The first kappa shape index (κ1) is 9.97. The molecule has 0 aliphatic carbocycles. The van der Waals surface area contributed by atoms with Crippen LogP contribution in [0.1, 0.15) is 30.5 Å². The summed E-state index contributed by atoms with van der Waals surface area (Å²) < 4.78 is 0. The zero-order chi connectivity index (χ0) is 9.84. The van der Waals surface area contributed by atoms with Crippen molar-refractivity contribution in [2.24, 2.45) is 4.99 Å². The van der Waals surface area contributed by atoms with E-state index in [0.717, 1.165) is 12.1 Å². The SMILES string of the molecule is C/C=N\c1c(C)ccc(C)c1CC. The predicted molar refractivity (Wildman–Crippen MR) is 59.1 cm³/mol. The minimum atomic E-state index is 1.06. The molecule has 1 heteroatoms. The quantitative estimate of drug-likeness (QED) is 0.609. The van der Waals surface area contributed by atoms with E-state index in [2.05, 4.69) is 37.9 Å². The van der Waals surface area contributed by atoms with E-state index < -0.39 is 0 Å². The van der Waals surface area contributed by atoms with Crippen molar-refractivity contribution in [2.75, 3.05) is 0 Å². The molecule has 0 aromatic heterocycles. The summed E-state index contributed by atoms with van der Waals surface area (Å²) in [4.78, 5) is 4.41. The van der Waals surface area contributed by atoms with Crippen molar-refractivity contribution in [3.05, 3.63) is 28.8 Å². The molecule has 0 bridgehead atoms. The first-order valence-corrected chi connectivity index (χ1v) is 4.78. The molecular weight excluding hydrogens is 158 g/mol. The van der Waals surface area contributed by atoms with Gasteiger partial charge in [0.15, 0.2) is 0 Å². The number of benzene rings is 1.